The Bertz CT molecular complexity index is 642. The monoisotopic (exact) mass is 759 g/mol. The van der Waals surface area contributed by atoms with Crippen molar-refractivity contribution in [3.8, 4) is 0 Å². The minimum Gasteiger partial charge on any atom is -0.351 e. The molecule has 0 aromatic heterocycles. The Labute approximate surface area is 331 Å². The van der Waals surface area contributed by atoms with Crippen molar-refractivity contribution in [1.82, 2.24) is 0 Å². The Balaban J connectivity index is 6.08. The van der Waals surface area contributed by atoms with Crippen LogP contribution in [-0.4, -0.2) is 64.8 Å². The van der Waals surface area contributed by atoms with Crippen molar-refractivity contribution in [1.29, 1.82) is 0 Å². The third-order valence-corrected chi connectivity index (χ3v) is 10.5. The van der Waals surface area contributed by atoms with Crippen molar-refractivity contribution in [3.63, 3.8) is 0 Å². The summed E-state index contributed by atoms with van der Waals surface area (Å²) >= 11 is 0. The average Bonchev–Trinajstić information content (AvgIpc) is 3.16. The average molecular weight is 759 g/mol. The van der Waals surface area contributed by atoms with Gasteiger partial charge in [0.1, 0.15) is 0 Å². The summed E-state index contributed by atoms with van der Waals surface area (Å²) < 4.78 is 46.5. The highest BCUT2D eigenvalue weighted by Crippen LogP contribution is 2.36. The van der Waals surface area contributed by atoms with Crippen LogP contribution in [0.25, 0.3) is 0 Å². The number of ether oxygens (including phenoxy) is 7. The van der Waals surface area contributed by atoms with Crippen LogP contribution >= 0.6 is 0 Å². The first-order chi connectivity index (χ1) is 26.0. The molecule has 53 heavy (non-hydrogen) atoms. The molecule has 0 saturated heterocycles. The zero-order chi connectivity index (χ0) is 39.1. The standard InChI is InChI=1S/C46H94O7/c1-9-15-21-23-25-27-29-31-33-35-37-45(49-39-17-11-3,50-40-18-12-4)43(47-7)53-44(48-8)46(51-41-19-13-5,52-42-20-14-6)38-36-34-32-30-28-26-24-22-16-10-2/h43-44H,9-42H2,1-8H3. The van der Waals surface area contributed by atoms with Gasteiger partial charge in [-0.15, -0.1) is 0 Å². The van der Waals surface area contributed by atoms with E-state index >= 15 is 0 Å². The molecule has 0 aliphatic carbocycles. The molecule has 0 N–H and O–H groups in total. The lowest BCUT2D eigenvalue weighted by Gasteiger charge is -2.44. The van der Waals surface area contributed by atoms with Crippen LogP contribution in [0.1, 0.15) is 234 Å². The molecule has 0 aliphatic heterocycles. The lowest BCUT2D eigenvalue weighted by atomic mass is 10.0. The molecule has 0 aromatic rings. The minimum absolute atomic E-state index is 0.588. The van der Waals surface area contributed by atoms with E-state index in [0.29, 0.717) is 39.3 Å². The van der Waals surface area contributed by atoms with E-state index in [0.717, 1.165) is 77.0 Å². The van der Waals surface area contributed by atoms with Crippen LogP contribution in [0, 0.1) is 0 Å². The Kier molecular flexibility index (Phi) is 38.4. The van der Waals surface area contributed by atoms with Crippen LogP contribution in [0.4, 0.5) is 0 Å². The van der Waals surface area contributed by atoms with E-state index in [-0.39, 0.29) is 0 Å². The van der Waals surface area contributed by atoms with Gasteiger partial charge in [-0.05, 0) is 38.5 Å². The van der Waals surface area contributed by atoms with Crippen molar-refractivity contribution in [2.24, 2.45) is 0 Å². The van der Waals surface area contributed by atoms with Crippen molar-refractivity contribution in [2.45, 2.75) is 258 Å². The smallest absolute Gasteiger partial charge is 0.220 e. The number of hydrogen-bond acceptors (Lipinski definition) is 7. The second-order valence-electron chi connectivity index (χ2n) is 15.6. The molecule has 2 atom stereocenters. The molecule has 0 radical (unpaired) electrons. The number of unbranched alkanes of at least 4 members (excludes halogenated alkanes) is 22. The summed E-state index contributed by atoms with van der Waals surface area (Å²) in [6.45, 7) is 15.7. The summed E-state index contributed by atoms with van der Waals surface area (Å²) in [5.74, 6) is -2.10. The van der Waals surface area contributed by atoms with Gasteiger partial charge in [0, 0.05) is 27.1 Å². The van der Waals surface area contributed by atoms with Crippen LogP contribution in [0.5, 0.6) is 0 Å². The molecule has 0 saturated carbocycles. The highest BCUT2D eigenvalue weighted by Gasteiger charge is 2.49. The predicted molar refractivity (Wildman–Crippen MR) is 225 cm³/mol. The van der Waals surface area contributed by atoms with Crippen molar-refractivity contribution >= 4 is 0 Å². The van der Waals surface area contributed by atoms with Crippen LogP contribution in [0.3, 0.4) is 0 Å². The van der Waals surface area contributed by atoms with E-state index in [2.05, 4.69) is 41.5 Å². The maximum atomic E-state index is 6.94. The fourth-order valence-electron chi connectivity index (χ4n) is 6.94. The first-order valence-corrected chi connectivity index (χ1v) is 23.3. The maximum Gasteiger partial charge on any atom is 0.220 e. The summed E-state index contributed by atoms with van der Waals surface area (Å²) in [5.41, 5.74) is 0. The molecule has 0 rings (SSSR count). The van der Waals surface area contributed by atoms with Gasteiger partial charge in [0.25, 0.3) is 0 Å². The Hall–Kier alpha value is -0.280. The van der Waals surface area contributed by atoms with E-state index in [1.54, 1.807) is 14.2 Å². The number of hydrogen-bond donors (Lipinski definition) is 0. The molecular weight excluding hydrogens is 664 g/mol. The normalized spacial score (nSPS) is 13.6. The van der Waals surface area contributed by atoms with E-state index in [1.165, 1.54) is 103 Å². The molecule has 2 unspecified atom stereocenters. The fraction of sp³-hybridized carbons (Fsp3) is 1.00. The molecule has 0 bridgehead atoms. The molecule has 0 amide bonds. The molecule has 0 fully saturated rings. The van der Waals surface area contributed by atoms with Crippen molar-refractivity contribution in [2.75, 3.05) is 40.6 Å². The SMILES string of the molecule is CCCCCCCCCCCCC(OCCCC)(OCCCC)C(OC)OC(OC)C(CCCCCCCCCCCC)(OCCCC)OCCCC. The Morgan fingerprint density at radius 2 is 0.528 bits per heavy atom. The fourth-order valence-corrected chi connectivity index (χ4v) is 6.94. The zero-order valence-electron chi connectivity index (χ0n) is 37.1. The lowest BCUT2D eigenvalue weighted by Crippen LogP contribution is -2.57. The molecule has 320 valence electrons. The van der Waals surface area contributed by atoms with Crippen molar-refractivity contribution < 1.29 is 33.2 Å². The second kappa shape index (κ2) is 38.6. The molecule has 7 nitrogen and oxygen atoms in total. The topological polar surface area (TPSA) is 64.6 Å². The highest BCUT2D eigenvalue weighted by molar-refractivity contribution is 4.82. The summed E-state index contributed by atoms with van der Waals surface area (Å²) in [6.07, 6.45) is 33.2. The molecule has 0 aromatic carbocycles. The van der Waals surface area contributed by atoms with E-state index in [1.807, 2.05) is 0 Å². The van der Waals surface area contributed by atoms with E-state index in [9.17, 15) is 0 Å². The molecular formula is C46H94O7. The minimum atomic E-state index is -1.05. The van der Waals surface area contributed by atoms with Crippen LogP contribution < -0.4 is 0 Å². The Morgan fingerprint density at radius 3 is 0.755 bits per heavy atom. The molecule has 0 spiro atoms. The summed E-state index contributed by atoms with van der Waals surface area (Å²) in [6, 6.07) is 0. The maximum absolute atomic E-state index is 6.94. The first kappa shape index (κ1) is 52.7. The third kappa shape index (κ3) is 26.3. The van der Waals surface area contributed by atoms with Gasteiger partial charge in [-0.25, -0.2) is 0 Å². The predicted octanol–water partition coefficient (Wildman–Crippen LogP) is 14.2. The summed E-state index contributed by atoms with van der Waals surface area (Å²) in [5, 5.41) is 0. The van der Waals surface area contributed by atoms with Gasteiger partial charge in [-0.2, -0.15) is 0 Å². The lowest BCUT2D eigenvalue weighted by molar-refractivity contribution is -0.420. The van der Waals surface area contributed by atoms with Gasteiger partial charge in [-0.1, -0.05) is 183 Å². The van der Waals surface area contributed by atoms with Gasteiger partial charge in [-0.3, -0.25) is 0 Å². The molecule has 7 heteroatoms. The van der Waals surface area contributed by atoms with Gasteiger partial charge in [0.05, 0.1) is 26.4 Å². The van der Waals surface area contributed by atoms with Gasteiger partial charge in [0.15, 0.2) is 0 Å². The van der Waals surface area contributed by atoms with Gasteiger partial charge < -0.3 is 33.2 Å². The summed E-state index contributed by atoms with van der Waals surface area (Å²) in [7, 11) is 3.41. The Morgan fingerprint density at radius 1 is 0.302 bits per heavy atom. The quantitative estimate of drug-likeness (QED) is 0.0453. The van der Waals surface area contributed by atoms with Crippen molar-refractivity contribution in [3.05, 3.63) is 0 Å². The van der Waals surface area contributed by atoms with Gasteiger partial charge >= 0.3 is 0 Å². The summed E-state index contributed by atoms with van der Waals surface area (Å²) in [4.78, 5) is 0. The largest absolute Gasteiger partial charge is 0.351 e. The van der Waals surface area contributed by atoms with Gasteiger partial charge in [0.2, 0.25) is 24.2 Å². The molecule has 0 aliphatic rings. The number of rotatable bonds is 44. The third-order valence-electron chi connectivity index (χ3n) is 10.5. The number of methoxy groups -OCH3 is 2. The highest BCUT2D eigenvalue weighted by atomic mass is 16.8. The van der Waals surface area contributed by atoms with Crippen LogP contribution in [0.2, 0.25) is 0 Å². The molecule has 0 heterocycles. The second-order valence-corrected chi connectivity index (χ2v) is 15.6. The van der Waals surface area contributed by atoms with Crippen LogP contribution in [0.15, 0.2) is 0 Å². The van der Waals surface area contributed by atoms with E-state index < -0.39 is 24.2 Å². The zero-order valence-corrected chi connectivity index (χ0v) is 37.1. The van der Waals surface area contributed by atoms with E-state index in [4.69, 9.17) is 33.2 Å². The first-order valence-electron chi connectivity index (χ1n) is 23.3. The van der Waals surface area contributed by atoms with Crippen LogP contribution in [-0.2, 0) is 33.2 Å².